The Morgan fingerprint density at radius 3 is 2.87 bits per heavy atom. The maximum Gasteiger partial charge on any atom is 0.227 e. The molecule has 116 valence electrons. The molecule has 1 amide bonds. The monoisotopic (exact) mass is 308 g/mol. The van der Waals surface area contributed by atoms with Gasteiger partial charge in [0.05, 0.1) is 6.42 Å². The smallest absolute Gasteiger partial charge is 0.227 e. The number of rotatable bonds is 2. The number of carbonyl (C=O) groups excluding carboxylic acids is 1. The van der Waals surface area contributed by atoms with Crippen LogP contribution in [0, 0.1) is 5.82 Å². The van der Waals surface area contributed by atoms with Gasteiger partial charge in [0, 0.05) is 30.2 Å². The van der Waals surface area contributed by atoms with Gasteiger partial charge in [-0.2, -0.15) is 0 Å². The van der Waals surface area contributed by atoms with Crippen LogP contribution >= 0.6 is 0 Å². The van der Waals surface area contributed by atoms with Gasteiger partial charge < -0.3 is 9.88 Å². The van der Waals surface area contributed by atoms with Gasteiger partial charge in [0.25, 0.3) is 0 Å². The molecule has 0 saturated carbocycles. The van der Waals surface area contributed by atoms with Crippen LogP contribution in [0.5, 0.6) is 0 Å². The van der Waals surface area contributed by atoms with Gasteiger partial charge in [-0.25, -0.2) is 4.39 Å². The molecular weight excluding hydrogens is 291 g/mol. The Balaban J connectivity index is 1.55. The Bertz CT molecular complexity index is 884. The molecule has 2 aromatic carbocycles. The molecule has 4 heteroatoms. The number of amides is 1. The maximum absolute atomic E-state index is 13.4. The molecule has 4 rings (SSSR count). The largest absolute Gasteiger partial charge is 0.361 e. The minimum Gasteiger partial charge on any atom is -0.361 e. The quantitative estimate of drug-likeness (QED) is 0.773. The molecule has 0 bridgehead atoms. The maximum atomic E-state index is 13.4. The summed E-state index contributed by atoms with van der Waals surface area (Å²) in [6.07, 6.45) is 3.00. The van der Waals surface area contributed by atoms with Gasteiger partial charge in [0.2, 0.25) is 5.91 Å². The number of benzene rings is 2. The molecule has 0 unspecified atom stereocenters. The Labute approximate surface area is 133 Å². The summed E-state index contributed by atoms with van der Waals surface area (Å²) in [6.45, 7) is 1.40. The van der Waals surface area contributed by atoms with Crippen molar-refractivity contribution in [1.29, 1.82) is 0 Å². The van der Waals surface area contributed by atoms with Crippen LogP contribution in [0.25, 0.3) is 10.9 Å². The highest BCUT2D eigenvalue weighted by atomic mass is 19.1. The van der Waals surface area contributed by atoms with Crippen LogP contribution in [0.4, 0.5) is 4.39 Å². The van der Waals surface area contributed by atoms with E-state index in [1.807, 2.05) is 17.0 Å². The van der Waals surface area contributed by atoms with Gasteiger partial charge in [-0.15, -0.1) is 0 Å². The first-order valence-electron chi connectivity index (χ1n) is 7.81. The van der Waals surface area contributed by atoms with Crippen molar-refractivity contribution in [3.63, 3.8) is 0 Å². The molecule has 0 spiro atoms. The number of aromatic amines is 1. The van der Waals surface area contributed by atoms with E-state index in [0.29, 0.717) is 13.0 Å². The second kappa shape index (κ2) is 5.54. The van der Waals surface area contributed by atoms with Crippen molar-refractivity contribution < 1.29 is 9.18 Å². The zero-order valence-electron chi connectivity index (χ0n) is 12.7. The number of aromatic nitrogens is 1. The van der Waals surface area contributed by atoms with Crippen LogP contribution in [0.15, 0.2) is 48.7 Å². The molecule has 0 atom stereocenters. The van der Waals surface area contributed by atoms with E-state index in [2.05, 4.69) is 17.1 Å². The summed E-state index contributed by atoms with van der Waals surface area (Å²) in [5, 5.41) is 0.788. The zero-order chi connectivity index (χ0) is 15.8. The minimum absolute atomic E-state index is 0.0877. The Hall–Kier alpha value is -2.62. The van der Waals surface area contributed by atoms with Gasteiger partial charge in [-0.3, -0.25) is 4.79 Å². The van der Waals surface area contributed by atoms with Crippen LogP contribution in [0.3, 0.4) is 0 Å². The predicted molar refractivity (Wildman–Crippen MR) is 87.5 cm³/mol. The molecule has 0 aliphatic carbocycles. The lowest BCUT2D eigenvalue weighted by molar-refractivity contribution is -0.131. The average Bonchev–Trinajstić information content (AvgIpc) is 2.96. The van der Waals surface area contributed by atoms with Crippen LogP contribution in [0.2, 0.25) is 0 Å². The summed E-state index contributed by atoms with van der Waals surface area (Å²) in [6, 6.07) is 12.9. The standard InChI is InChI=1S/C19H17FN2O/c20-16-5-6-18-17(10-16)15(11-21-18)9-19(23)22-8-7-13-3-1-2-4-14(13)12-22/h1-6,10-11,21H,7-9,12H2. The Morgan fingerprint density at radius 2 is 2.00 bits per heavy atom. The number of carbonyl (C=O) groups is 1. The van der Waals surface area contributed by atoms with E-state index in [4.69, 9.17) is 0 Å². The predicted octanol–water partition coefficient (Wildman–Crippen LogP) is 3.43. The van der Waals surface area contributed by atoms with Crippen molar-refractivity contribution in [3.05, 3.63) is 71.2 Å². The first-order chi connectivity index (χ1) is 11.2. The summed E-state index contributed by atoms with van der Waals surface area (Å²) in [7, 11) is 0. The fourth-order valence-corrected chi connectivity index (χ4v) is 3.28. The third kappa shape index (κ3) is 2.61. The first-order valence-corrected chi connectivity index (χ1v) is 7.81. The summed E-state index contributed by atoms with van der Waals surface area (Å²) >= 11 is 0. The van der Waals surface area contributed by atoms with Crippen LogP contribution in [0.1, 0.15) is 16.7 Å². The van der Waals surface area contributed by atoms with E-state index < -0.39 is 0 Å². The molecule has 1 N–H and O–H groups in total. The highest BCUT2D eigenvalue weighted by Gasteiger charge is 2.21. The minimum atomic E-state index is -0.280. The molecule has 3 aromatic rings. The molecule has 0 fully saturated rings. The summed E-state index contributed by atoms with van der Waals surface area (Å²) in [5.41, 5.74) is 4.25. The number of hydrogen-bond donors (Lipinski definition) is 1. The van der Waals surface area contributed by atoms with E-state index in [1.165, 1.54) is 23.3 Å². The Morgan fingerprint density at radius 1 is 1.17 bits per heavy atom. The summed E-state index contributed by atoms with van der Waals surface area (Å²) in [5.74, 6) is -0.192. The lowest BCUT2D eigenvalue weighted by Gasteiger charge is -2.29. The molecule has 0 radical (unpaired) electrons. The van der Waals surface area contributed by atoms with Crippen molar-refractivity contribution in [2.75, 3.05) is 6.54 Å². The van der Waals surface area contributed by atoms with E-state index in [1.54, 1.807) is 12.3 Å². The molecule has 3 nitrogen and oxygen atoms in total. The van der Waals surface area contributed by atoms with E-state index >= 15 is 0 Å². The van der Waals surface area contributed by atoms with Crippen LogP contribution in [-0.2, 0) is 24.2 Å². The number of nitrogens with one attached hydrogen (secondary N) is 1. The number of nitrogens with zero attached hydrogens (tertiary/aromatic N) is 1. The number of halogens is 1. The average molecular weight is 308 g/mol. The Kier molecular flexibility index (Phi) is 3.37. The molecule has 2 heterocycles. The number of fused-ring (bicyclic) bond motifs is 2. The molecular formula is C19H17FN2O. The van der Waals surface area contributed by atoms with Gasteiger partial charge in [0.15, 0.2) is 0 Å². The molecule has 1 aliphatic rings. The topological polar surface area (TPSA) is 36.1 Å². The fourth-order valence-electron chi connectivity index (χ4n) is 3.28. The van der Waals surface area contributed by atoms with Gasteiger partial charge in [0.1, 0.15) is 5.82 Å². The molecule has 23 heavy (non-hydrogen) atoms. The van der Waals surface area contributed by atoms with Gasteiger partial charge in [-0.1, -0.05) is 24.3 Å². The van der Waals surface area contributed by atoms with Crippen LogP contribution < -0.4 is 0 Å². The lowest BCUT2D eigenvalue weighted by atomic mass is 9.99. The lowest BCUT2D eigenvalue weighted by Crippen LogP contribution is -2.36. The zero-order valence-corrected chi connectivity index (χ0v) is 12.7. The van der Waals surface area contributed by atoms with Crippen molar-refractivity contribution in [1.82, 2.24) is 9.88 Å². The molecule has 0 saturated heterocycles. The summed E-state index contributed by atoms with van der Waals surface area (Å²) < 4.78 is 13.4. The van der Waals surface area contributed by atoms with E-state index in [9.17, 15) is 9.18 Å². The van der Waals surface area contributed by atoms with E-state index in [-0.39, 0.29) is 11.7 Å². The SMILES string of the molecule is O=C(Cc1c[nH]c2ccc(F)cc12)N1CCc2ccccc2C1. The van der Waals surface area contributed by atoms with Crippen molar-refractivity contribution in [3.8, 4) is 0 Å². The number of hydrogen-bond acceptors (Lipinski definition) is 1. The second-order valence-corrected chi connectivity index (χ2v) is 6.01. The summed E-state index contributed by atoms with van der Waals surface area (Å²) in [4.78, 5) is 17.6. The normalized spacial score (nSPS) is 14.0. The third-order valence-electron chi connectivity index (χ3n) is 4.55. The van der Waals surface area contributed by atoms with E-state index in [0.717, 1.165) is 29.4 Å². The highest BCUT2D eigenvalue weighted by Crippen LogP contribution is 2.23. The second-order valence-electron chi connectivity index (χ2n) is 6.01. The first kappa shape index (κ1) is 14.0. The molecule has 1 aromatic heterocycles. The fraction of sp³-hybridized carbons (Fsp3) is 0.211. The van der Waals surface area contributed by atoms with Crippen molar-refractivity contribution >= 4 is 16.8 Å². The van der Waals surface area contributed by atoms with Crippen LogP contribution in [-0.4, -0.2) is 22.3 Å². The number of H-pyrrole nitrogens is 1. The van der Waals surface area contributed by atoms with Crippen molar-refractivity contribution in [2.45, 2.75) is 19.4 Å². The van der Waals surface area contributed by atoms with Gasteiger partial charge >= 0.3 is 0 Å². The third-order valence-corrected chi connectivity index (χ3v) is 4.55. The highest BCUT2D eigenvalue weighted by molar-refractivity contribution is 5.89. The van der Waals surface area contributed by atoms with Gasteiger partial charge in [-0.05, 0) is 41.3 Å². The molecule has 1 aliphatic heterocycles. The van der Waals surface area contributed by atoms with Crippen molar-refractivity contribution in [2.24, 2.45) is 0 Å².